The molecule has 0 bridgehead atoms. The van der Waals surface area contributed by atoms with Gasteiger partial charge in [-0.25, -0.2) is 9.91 Å². The molecule has 0 radical (unpaired) electrons. The van der Waals surface area contributed by atoms with E-state index in [1.807, 2.05) is 0 Å². The Morgan fingerprint density at radius 3 is 2.17 bits per heavy atom. The minimum Gasteiger partial charge on any atom is -0.261 e. The van der Waals surface area contributed by atoms with Gasteiger partial charge in [-0.15, -0.1) is 0 Å². The number of alkyl halides is 5. The van der Waals surface area contributed by atoms with Crippen molar-refractivity contribution in [1.29, 1.82) is 0 Å². The van der Waals surface area contributed by atoms with Crippen molar-refractivity contribution in [3.05, 3.63) is 10.1 Å². The minimum absolute atomic E-state index is 0.249. The molecule has 0 amide bonds. The van der Waals surface area contributed by atoms with Crippen LogP contribution in [0.3, 0.4) is 0 Å². The molecule has 1 unspecified atom stereocenters. The standard InChI is InChI=1S/C7H9Cl5N4O2/c1-4(2)15-5(16(17)18)14(3-13-15)7(11,12)6(8,9)10/h3-5H,1-2H3. The second-order valence-electron chi connectivity index (χ2n) is 3.78. The summed E-state index contributed by atoms with van der Waals surface area (Å²) in [6.07, 6.45) is -0.356. The number of halogens is 5. The molecule has 1 aliphatic rings. The van der Waals surface area contributed by atoms with Crippen molar-refractivity contribution in [3.63, 3.8) is 0 Å². The largest absolute Gasteiger partial charge is 0.386 e. The lowest BCUT2D eigenvalue weighted by atomic mass is 10.4. The summed E-state index contributed by atoms with van der Waals surface area (Å²) in [6.45, 7) is 3.44. The summed E-state index contributed by atoms with van der Waals surface area (Å²) in [5, 5.41) is 16.1. The summed E-state index contributed by atoms with van der Waals surface area (Å²) in [6, 6.07) is -0.249. The van der Waals surface area contributed by atoms with Crippen molar-refractivity contribution < 1.29 is 4.92 Å². The van der Waals surface area contributed by atoms with Crippen molar-refractivity contribution in [2.24, 2.45) is 5.10 Å². The molecular formula is C7H9Cl5N4O2. The number of rotatable bonds is 3. The smallest absolute Gasteiger partial charge is 0.261 e. The third kappa shape index (κ3) is 2.82. The zero-order chi connectivity index (χ0) is 14.3. The summed E-state index contributed by atoms with van der Waals surface area (Å²) >= 11 is 28.7. The molecule has 1 atom stereocenters. The Morgan fingerprint density at radius 1 is 1.33 bits per heavy atom. The van der Waals surface area contributed by atoms with Gasteiger partial charge in [0, 0.05) is 0 Å². The molecule has 0 spiro atoms. The number of hydrogen-bond donors (Lipinski definition) is 0. The Labute approximate surface area is 128 Å². The van der Waals surface area contributed by atoms with Gasteiger partial charge in [-0.1, -0.05) is 58.0 Å². The highest BCUT2D eigenvalue weighted by atomic mass is 35.6. The van der Waals surface area contributed by atoms with Gasteiger partial charge in [0.15, 0.2) is 0 Å². The lowest BCUT2D eigenvalue weighted by Gasteiger charge is -2.36. The first-order chi connectivity index (χ1) is 8.00. The van der Waals surface area contributed by atoms with Crippen LogP contribution < -0.4 is 0 Å². The fourth-order valence-corrected chi connectivity index (χ4v) is 1.88. The molecule has 0 fully saturated rings. The molecule has 0 aromatic heterocycles. The van der Waals surface area contributed by atoms with Crippen LogP contribution >= 0.6 is 58.0 Å². The van der Waals surface area contributed by atoms with Crippen LogP contribution in [0.2, 0.25) is 0 Å². The number of hydrogen-bond acceptors (Lipinski definition) is 5. The van der Waals surface area contributed by atoms with E-state index < -0.39 is 19.5 Å². The molecule has 11 heteroatoms. The summed E-state index contributed by atoms with van der Waals surface area (Å²) in [5.74, 6) is 0. The average molecular weight is 358 g/mol. The van der Waals surface area contributed by atoms with Gasteiger partial charge in [-0.05, 0) is 13.8 Å². The number of nitro groups is 1. The second kappa shape index (κ2) is 5.25. The van der Waals surface area contributed by atoms with E-state index in [2.05, 4.69) is 5.10 Å². The number of nitrogens with zero attached hydrogens (tertiary/aromatic N) is 4. The molecule has 0 aromatic rings. The van der Waals surface area contributed by atoms with Crippen molar-refractivity contribution in [1.82, 2.24) is 9.91 Å². The van der Waals surface area contributed by atoms with Gasteiger partial charge in [0.2, 0.25) is 8.25 Å². The Kier molecular flexibility index (Phi) is 4.71. The summed E-state index contributed by atoms with van der Waals surface area (Å²) in [7, 11) is 0. The summed E-state index contributed by atoms with van der Waals surface area (Å²) < 4.78 is -4.27. The van der Waals surface area contributed by atoms with E-state index in [4.69, 9.17) is 58.0 Å². The van der Waals surface area contributed by atoms with E-state index in [9.17, 15) is 10.1 Å². The Morgan fingerprint density at radius 2 is 1.83 bits per heavy atom. The Bertz CT molecular complexity index is 369. The predicted octanol–water partition coefficient (Wildman–Crippen LogP) is 3.02. The quantitative estimate of drug-likeness (QED) is 0.337. The normalized spacial score (nSPS) is 21.0. The molecule has 6 nitrogen and oxygen atoms in total. The van der Waals surface area contributed by atoms with Crippen molar-refractivity contribution >= 4 is 64.3 Å². The van der Waals surface area contributed by atoms with E-state index >= 15 is 0 Å². The predicted molar refractivity (Wildman–Crippen MR) is 72.8 cm³/mol. The molecule has 0 N–H and O–H groups in total. The SMILES string of the molecule is CC(C)N1N=CN(C(Cl)(Cl)C(Cl)(Cl)Cl)C1[N+](=O)[O-]. The zero-order valence-electron chi connectivity index (χ0n) is 9.23. The summed E-state index contributed by atoms with van der Waals surface area (Å²) in [5.41, 5.74) is 0. The summed E-state index contributed by atoms with van der Waals surface area (Å²) in [4.78, 5) is 11.4. The molecule has 1 rings (SSSR count). The Balaban J connectivity index is 3.11. The van der Waals surface area contributed by atoms with E-state index in [1.54, 1.807) is 13.8 Å². The van der Waals surface area contributed by atoms with E-state index in [-0.39, 0.29) is 6.04 Å². The van der Waals surface area contributed by atoms with Gasteiger partial charge in [-0.3, -0.25) is 10.1 Å². The van der Waals surface area contributed by atoms with E-state index in [0.29, 0.717) is 0 Å². The third-order valence-corrected chi connectivity index (χ3v) is 4.54. The topological polar surface area (TPSA) is 62.0 Å². The lowest BCUT2D eigenvalue weighted by Crippen LogP contribution is -2.58. The van der Waals surface area contributed by atoms with Gasteiger partial charge >= 0.3 is 6.29 Å². The van der Waals surface area contributed by atoms with Gasteiger partial charge < -0.3 is 0 Å². The maximum Gasteiger partial charge on any atom is 0.386 e. The van der Waals surface area contributed by atoms with E-state index in [0.717, 1.165) is 11.2 Å². The van der Waals surface area contributed by atoms with Crippen molar-refractivity contribution in [2.45, 2.75) is 34.4 Å². The second-order valence-corrected chi connectivity index (χ2v) is 7.35. The van der Waals surface area contributed by atoms with Gasteiger partial charge in [0.05, 0.1) is 11.0 Å². The molecule has 1 heterocycles. The van der Waals surface area contributed by atoms with Crippen LogP contribution in [-0.4, -0.2) is 41.8 Å². The average Bonchev–Trinajstić information content (AvgIpc) is 2.59. The maximum atomic E-state index is 11.1. The molecule has 18 heavy (non-hydrogen) atoms. The molecule has 0 saturated carbocycles. The van der Waals surface area contributed by atoms with Crippen LogP contribution in [0.4, 0.5) is 0 Å². The van der Waals surface area contributed by atoms with Crippen LogP contribution in [0.1, 0.15) is 13.8 Å². The van der Waals surface area contributed by atoms with Crippen LogP contribution in [-0.2, 0) is 0 Å². The van der Waals surface area contributed by atoms with Crippen molar-refractivity contribution in [3.8, 4) is 0 Å². The molecule has 0 aromatic carbocycles. The van der Waals surface area contributed by atoms with Gasteiger partial charge in [0.1, 0.15) is 6.34 Å². The monoisotopic (exact) mass is 356 g/mol. The highest BCUT2D eigenvalue weighted by molar-refractivity contribution is 6.75. The molecular weight excluding hydrogens is 349 g/mol. The van der Waals surface area contributed by atoms with E-state index in [1.165, 1.54) is 5.01 Å². The molecule has 1 aliphatic heterocycles. The first-order valence-electron chi connectivity index (χ1n) is 4.69. The highest BCUT2D eigenvalue weighted by Crippen LogP contribution is 2.49. The van der Waals surface area contributed by atoms with Crippen LogP contribution in [0.5, 0.6) is 0 Å². The lowest BCUT2D eigenvalue weighted by molar-refractivity contribution is -0.574. The molecule has 104 valence electrons. The van der Waals surface area contributed by atoms with Crippen molar-refractivity contribution in [2.75, 3.05) is 0 Å². The van der Waals surface area contributed by atoms with Crippen LogP contribution in [0.25, 0.3) is 0 Å². The fourth-order valence-electron chi connectivity index (χ4n) is 1.32. The first-order valence-corrected chi connectivity index (χ1v) is 6.58. The first kappa shape index (κ1) is 16.2. The molecule has 0 saturated heterocycles. The number of hydrazone groups is 1. The zero-order valence-corrected chi connectivity index (χ0v) is 13.0. The van der Waals surface area contributed by atoms with Crippen LogP contribution in [0.15, 0.2) is 5.10 Å². The highest BCUT2D eigenvalue weighted by Gasteiger charge is 2.58. The van der Waals surface area contributed by atoms with Crippen LogP contribution in [0, 0.1) is 10.1 Å². The molecule has 0 aliphatic carbocycles. The minimum atomic E-state index is -2.15. The Hall–Kier alpha value is 0.120. The fraction of sp³-hybridized carbons (Fsp3) is 0.857. The maximum absolute atomic E-state index is 11.1. The van der Waals surface area contributed by atoms with Gasteiger partial charge in [0.25, 0.3) is 0 Å². The third-order valence-electron chi connectivity index (χ3n) is 2.18. The van der Waals surface area contributed by atoms with Gasteiger partial charge in [-0.2, -0.15) is 5.10 Å².